The van der Waals surface area contributed by atoms with Crippen molar-refractivity contribution in [3.8, 4) is 0 Å². The lowest BCUT2D eigenvalue weighted by Gasteiger charge is -2.26. The van der Waals surface area contributed by atoms with Gasteiger partial charge in [-0.15, -0.1) is 24.8 Å². The lowest BCUT2D eigenvalue weighted by Crippen LogP contribution is -2.52. The van der Waals surface area contributed by atoms with Gasteiger partial charge in [-0.1, -0.05) is 78.9 Å². The molecule has 0 spiro atoms. The first-order valence-electron chi connectivity index (χ1n) is 12.6. The smallest absolute Gasteiger partial charge is 0.319 e. The minimum absolute atomic E-state index is 0. The van der Waals surface area contributed by atoms with Crippen molar-refractivity contribution < 1.29 is 9.59 Å². The number of hydrogen-bond donors (Lipinski definition) is 5. The third-order valence-corrected chi connectivity index (χ3v) is 5.92. The van der Waals surface area contributed by atoms with Crippen molar-refractivity contribution in [3.63, 3.8) is 0 Å². The topological polar surface area (TPSA) is 108 Å². The number of carbonyl (C=O) groups is 2. The van der Waals surface area contributed by atoms with Gasteiger partial charge in [-0.2, -0.15) is 0 Å². The Bertz CT molecular complexity index is 1040. The molecule has 0 saturated heterocycles. The van der Waals surface area contributed by atoms with Gasteiger partial charge in [-0.05, 0) is 55.5 Å². The Hall–Kier alpha value is -3.10. The molecule has 38 heavy (non-hydrogen) atoms. The number of para-hydroxylation sites is 1. The molecule has 0 aromatic heterocycles. The summed E-state index contributed by atoms with van der Waals surface area (Å²) in [6.07, 6.45) is 2.94. The Morgan fingerprint density at radius 2 is 1.32 bits per heavy atom. The van der Waals surface area contributed by atoms with Crippen LogP contribution in [0.2, 0.25) is 0 Å². The predicted molar refractivity (Wildman–Crippen MR) is 160 cm³/mol. The van der Waals surface area contributed by atoms with E-state index in [1.807, 2.05) is 78.9 Å². The zero-order valence-corrected chi connectivity index (χ0v) is 23.1. The number of rotatable bonds is 14. The van der Waals surface area contributed by atoms with Crippen molar-refractivity contribution in [2.75, 3.05) is 18.4 Å². The van der Waals surface area contributed by atoms with Gasteiger partial charge >= 0.3 is 6.03 Å². The van der Waals surface area contributed by atoms with Gasteiger partial charge in [0.2, 0.25) is 5.91 Å². The van der Waals surface area contributed by atoms with Gasteiger partial charge in [0, 0.05) is 24.8 Å². The van der Waals surface area contributed by atoms with E-state index in [-0.39, 0.29) is 42.8 Å². The van der Waals surface area contributed by atoms with E-state index in [1.54, 1.807) is 0 Å². The standard InChI is InChI=1S/C29H37N5O2.2ClH/c30-20-10-17-27(28(35)31-21-24-13-6-2-7-14-24)33-26(19-18-23-11-4-1-5-12-23)22-32-29(36)34-25-15-8-3-9-16-25;;/h1-9,11-16,26-27,33H,10,17-22,30H2,(H,31,35)(H2,32,34,36);2*1H/t26?,27-;;/m0../s1. The van der Waals surface area contributed by atoms with Crippen LogP contribution >= 0.6 is 24.8 Å². The van der Waals surface area contributed by atoms with Crippen LogP contribution in [0.3, 0.4) is 0 Å². The number of hydrogen-bond acceptors (Lipinski definition) is 4. The summed E-state index contributed by atoms with van der Waals surface area (Å²) in [4.78, 5) is 25.6. The van der Waals surface area contributed by atoms with E-state index in [9.17, 15) is 9.59 Å². The highest BCUT2D eigenvalue weighted by Crippen LogP contribution is 2.09. The van der Waals surface area contributed by atoms with Crippen molar-refractivity contribution in [2.24, 2.45) is 5.73 Å². The Labute approximate surface area is 238 Å². The normalized spacial score (nSPS) is 11.7. The SMILES string of the molecule is Cl.Cl.NCCC[C@H](NC(CCc1ccccc1)CNC(=O)Nc1ccccc1)C(=O)NCc1ccccc1. The Balaban J connectivity index is 0.00000361. The number of urea groups is 1. The summed E-state index contributed by atoms with van der Waals surface area (Å²) in [6.45, 7) is 1.36. The second-order valence-corrected chi connectivity index (χ2v) is 8.78. The average Bonchev–Trinajstić information content (AvgIpc) is 2.92. The summed E-state index contributed by atoms with van der Waals surface area (Å²) in [5.74, 6) is -0.0641. The third kappa shape index (κ3) is 12.4. The number of nitrogens with two attached hydrogens (primary N) is 1. The molecule has 0 aliphatic rings. The summed E-state index contributed by atoms with van der Waals surface area (Å²) in [5, 5.41) is 12.4. The number of aryl methyl sites for hydroxylation is 1. The molecule has 6 N–H and O–H groups in total. The van der Waals surface area contributed by atoms with E-state index in [0.29, 0.717) is 26.1 Å². The number of anilines is 1. The molecule has 0 saturated carbocycles. The summed E-state index contributed by atoms with van der Waals surface area (Å²) in [5.41, 5.74) is 8.74. The highest BCUT2D eigenvalue weighted by atomic mass is 35.5. The molecule has 0 bridgehead atoms. The maximum atomic E-state index is 13.1. The molecule has 3 aromatic carbocycles. The molecule has 1 unspecified atom stereocenters. The number of carbonyl (C=O) groups excluding carboxylic acids is 2. The lowest BCUT2D eigenvalue weighted by atomic mass is 10.0. The fourth-order valence-electron chi connectivity index (χ4n) is 3.95. The van der Waals surface area contributed by atoms with Crippen molar-refractivity contribution in [3.05, 3.63) is 102 Å². The van der Waals surface area contributed by atoms with E-state index in [0.717, 1.165) is 30.5 Å². The molecule has 9 heteroatoms. The molecule has 3 amide bonds. The largest absolute Gasteiger partial charge is 0.351 e. The molecular weight excluding hydrogens is 521 g/mol. The van der Waals surface area contributed by atoms with Gasteiger partial charge in [0.1, 0.15) is 0 Å². The molecule has 3 rings (SSSR count). The molecule has 2 atom stereocenters. The van der Waals surface area contributed by atoms with Crippen molar-refractivity contribution in [1.82, 2.24) is 16.0 Å². The van der Waals surface area contributed by atoms with Crippen LogP contribution in [0.15, 0.2) is 91.0 Å². The molecular formula is C29H39Cl2N5O2. The summed E-state index contributed by atoms with van der Waals surface area (Å²) >= 11 is 0. The number of benzene rings is 3. The van der Waals surface area contributed by atoms with E-state index in [2.05, 4.69) is 33.4 Å². The molecule has 0 heterocycles. The zero-order chi connectivity index (χ0) is 25.4. The molecule has 3 aromatic rings. The van der Waals surface area contributed by atoms with Crippen LogP contribution in [0.4, 0.5) is 10.5 Å². The first kappa shape index (κ1) is 32.9. The minimum atomic E-state index is -0.406. The number of halogens is 2. The highest BCUT2D eigenvalue weighted by Gasteiger charge is 2.22. The third-order valence-electron chi connectivity index (χ3n) is 5.92. The fraction of sp³-hybridized carbons (Fsp3) is 0.310. The first-order valence-corrected chi connectivity index (χ1v) is 12.6. The molecule has 7 nitrogen and oxygen atoms in total. The Morgan fingerprint density at radius 3 is 1.92 bits per heavy atom. The van der Waals surface area contributed by atoms with Gasteiger partial charge in [-0.25, -0.2) is 4.79 Å². The second kappa shape index (κ2) is 19.0. The summed E-state index contributed by atoms with van der Waals surface area (Å²) in [6, 6.07) is 28.6. The van der Waals surface area contributed by atoms with E-state index in [1.165, 1.54) is 5.56 Å². The van der Waals surface area contributed by atoms with Gasteiger partial charge in [0.05, 0.1) is 6.04 Å². The zero-order valence-electron chi connectivity index (χ0n) is 21.5. The average molecular weight is 561 g/mol. The van der Waals surface area contributed by atoms with E-state index >= 15 is 0 Å². The van der Waals surface area contributed by atoms with Crippen LogP contribution in [0, 0.1) is 0 Å². The van der Waals surface area contributed by atoms with Crippen LogP contribution in [0.1, 0.15) is 30.4 Å². The first-order chi connectivity index (χ1) is 17.6. The van der Waals surface area contributed by atoms with Crippen LogP contribution in [0.25, 0.3) is 0 Å². The van der Waals surface area contributed by atoms with Crippen molar-refractivity contribution in [2.45, 2.75) is 44.3 Å². The van der Waals surface area contributed by atoms with Crippen LogP contribution in [-0.4, -0.2) is 37.1 Å². The minimum Gasteiger partial charge on any atom is -0.351 e. The fourth-order valence-corrected chi connectivity index (χ4v) is 3.95. The van der Waals surface area contributed by atoms with Crippen LogP contribution < -0.4 is 27.0 Å². The maximum Gasteiger partial charge on any atom is 0.319 e. The number of amides is 3. The Kier molecular flexibility index (Phi) is 16.5. The summed E-state index contributed by atoms with van der Waals surface area (Å²) in [7, 11) is 0. The van der Waals surface area contributed by atoms with E-state index < -0.39 is 6.04 Å². The maximum absolute atomic E-state index is 13.1. The van der Waals surface area contributed by atoms with Crippen LogP contribution in [0.5, 0.6) is 0 Å². The van der Waals surface area contributed by atoms with Crippen molar-refractivity contribution in [1.29, 1.82) is 0 Å². The monoisotopic (exact) mass is 559 g/mol. The van der Waals surface area contributed by atoms with Gasteiger partial charge in [0.25, 0.3) is 0 Å². The van der Waals surface area contributed by atoms with Gasteiger partial charge < -0.3 is 27.0 Å². The van der Waals surface area contributed by atoms with Gasteiger partial charge in [0.15, 0.2) is 0 Å². The molecule has 0 fully saturated rings. The van der Waals surface area contributed by atoms with Crippen molar-refractivity contribution >= 4 is 42.4 Å². The van der Waals surface area contributed by atoms with Gasteiger partial charge in [-0.3, -0.25) is 4.79 Å². The number of nitrogens with one attached hydrogen (secondary N) is 4. The molecule has 206 valence electrons. The predicted octanol–water partition coefficient (Wildman–Crippen LogP) is 4.67. The molecule has 0 aliphatic heterocycles. The van der Waals surface area contributed by atoms with Crippen LogP contribution in [-0.2, 0) is 17.8 Å². The molecule has 0 radical (unpaired) electrons. The quantitative estimate of drug-likeness (QED) is 0.198. The van der Waals surface area contributed by atoms with E-state index in [4.69, 9.17) is 5.73 Å². The lowest BCUT2D eigenvalue weighted by molar-refractivity contribution is -0.123. The Morgan fingerprint density at radius 1 is 0.737 bits per heavy atom. The summed E-state index contributed by atoms with van der Waals surface area (Å²) < 4.78 is 0. The second-order valence-electron chi connectivity index (χ2n) is 8.78. The highest BCUT2D eigenvalue weighted by molar-refractivity contribution is 5.89. The molecule has 0 aliphatic carbocycles.